The van der Waals surface area contributed by atoms with Crippen molar-refractivity contribution >= 4 is 17.1 Å². The normalized spacial score (nSPS) is 10.2. The molecule has 0 fully saturated rings. The molecule has 0 aromatic heterocycles. The molecule has 7 heteroatoms. The van der Waals surface area contributed by atoms with Gasteiger partial charge in [-0.05, 0) is 25.1 Å². The average Bonchev–Trinajstić information content (AvgIpc) is 2.47. The number of hydrogen-bond acceptors (Lipinski definition) is 6. The minimum atomic E-state index is -0.487. The lowest BCUT2D eigenvalue weighted by atomic mass is 10.1. The number of phenolic OH excluding ortho intramolecular Hbond substituents is 1. The number of ether oxygens (including phenoxy) is 1. The number of nitro benzene ring substituents is 1. The third kappa shape index (κ3) is 2.81. The predicted molar refractivity (Wildman–Crippen MR) is 80.0 cm³/mol. The summed E-state index contributed by atoms with van der Waals surface area (Å²) >= 11 is 0. The van der Waals surface area contributed by atoms with Gasteiger partial charge in [-0.3, -0.25) is 10.1 Å². The number of phenols is 1. The van der Waals surface area contributed by atoms with Gasteiger partial charge < -0.3 is 20.9 Å². The molecule has 21 heavy (non-hydrogen) atoms. The van der Waals surface area contributed by atoms with Gasteiger partial charge in [0.1, 0.15) is 11.4 Å². The van der Waals surface area contributed by atoms with Gasteiger partial charge in [0.15, 0.2) is 11.5 Å². The van der Waals surface area contributed by atoms with Crippen molar-refractivity contribution in [2.45, 2.75) is 6.92 Å². The van der Waals surface area contributed by atoms with Crippen LogP contribution in [0.2, 0.25) is 0 Å². The maximum absolute atomic E-state index is 10.9. The van der Waals surface area contributed by atoms with Crippen LogP contribution in [-0.2, 0) is 0 Å². The molecule has 0 radical (unpaired) electrons. The van der Waals surface area contributed by atoms with E-state index in [-0.39, 0.29) is 17.2 Å². The summed E-state index contributed by atoms with van der Waals surface area (Å²) in [6.45, 7) is 1.72. The Labute approximate surface area is 121 Å². The fourth-order valence-corrected chi connectivity index (χ4v) is 1.88. The quantitative estimate of drug-likeness (QED) is 0.345. The molecule has 0 bridgehead atoms. The number of anilines is 2. The van der Waals surface area contributed by atoms with E-state index in [0.717, 1.165) is 0 Å². The van der Waals surface area contributed by atoms with Crippen molar-refractivity contribution in [3.05, 3.63) is 46.0 Å². The molecule has 110 valence electrons. The van der Waals surface area contributed by atoms with Crippen molar-refractivity contribution in [3.63, 3.8) is 0 Å². The Hall–Kier alpha value is -2.96. The summed E-state index contributed by atoms with van der Waals surface area (Å²) in [6, 6.07) is 7.29. The van der Waals surface area contributed by atoms with Gasteiger partial charge in [0.2, 0.25) is 0 Å². The van der Waals surface area contributed by atoms with E-state index in [2.05, 4.69) is 5.32 Å². The van der Waals surface area contributed by atoms with Gasteiger partial charge in [0.25, 0.3) is 5.69 Å². The number of hydrogen-bond donors (Lipinski definition) is 3. The monoisotopic (exact) mass is 289 g/mol. The zero-order valence-corrected chi connectivity index (χ0v) is 11.6. The first-order valence-electron chi connectivity index (χ1n) is 6.16. The lowest BCUT2D eigenvalue weighted by Gasteiger charge is -2.13. The highest BCUT2D eigenvalue weighted by atomic mass is 16.6. The highest BCUT2D eigenvalue weighted by Crippen LogP contribution is 2.38. The van der Waals surface area contributed by atoms with E-state index in [1.165, 1.54) is 24.3 Å². The lowest BCUT2D eigenvalue weighted by Crippen LogP contribution is -1.98. The Morgan fingerprint density at radius 1 is 1.33 bits per heavy atom. The van der Waals surface area contributed by atoms with Crippen molar-refractivity contribution in [1.29, 1.82) is 0 Å². The molecule has 0 atom stereocenters. The fourth-order valence-electron chi connectivity index (χ4n) is 1.88. The molecule has 0 aliphatic carbocycles. The molecule has 0 heterocycles. The van der Waals surface area contributed by atoms with Gasteiger partial charge in [-0.25, -0.2) is 0 Å². The van der Waals surface area contributed by atoms with Gasteiger partial charge >= 0.3 is 0 Å². The summed E-state index contributed by atoms with van der Waals surface area (Å²) in [6.07, 6.45) is 0. The number of nitrogens with one attached hydrogen (secondary N) is 1. The molecule has 2 aromatic carbocycles. The van der Waals surface area contributed by atoms with Crippen molar-refractivity contribution in [2.24, 2.45) is 0 Å². The number of nitrogen functional groups attached to an aromatic ring is 1. The molecule has 0 aliphatic rings. The van der Waals surface area contributed by atoms with Crippen LogP contribution in [0.15, 0.2) is 30.3 Å². The second-order valence-corrected chi connectivity index (χ2v) is 4.42. The third-order valence-electron chi connectivity index (χ3n) is 3.08. The van der Waals surface area contributed by atoms with Crippen LogP contribution in [0.25, 0.3) is 0 Å². The molecule has 2 aromatic rings. The van der Waals surface area contributed by atoms with Gasteiger partial charge in [-0.15, -0.1) is 0 Å². The summed E-state index contributed by atoms with van der Waals surface area (Å²) in [7, 11) is 1.58. The maximum Gasteiger partial charge on any atom is 0.292 e. The van der Waals surface area contributed by atoms with Crippen LogP contribution in [0.5, 0.6) is 17.2 Å². The van der Waals surface area contributed by atoms with E-state index in [1.54, 1.807) is 20.0 Å². The minimum Gasteiger partial charge on any atom is -0.504 e. The zero-order chi connectivity index (χ0) is 15.6. The Bertz CT molecular complexity index is 701. The first-order chi connectivity index (χ1) is 9.93. The van der Waals surface area contributed by atoms with E-state index >= 15 is 0 Å². The molecule has 0 spiro atoms. The van der Waals surface area contributed by atoms with Crippen molar-refractivity contribution in [2.75, 3.05) is 18.1 Å². The molecular formula is C14H15N3O4. The Balaban J connectivity index is 2.41. The lowest BCUT2D eigenvalue weighted by molar-refractivity contribution is -0.384. The number of nitro groups is 1. The Morgan fingerprint density at radius 3 is 2.67 bits per heavy atom. The summed E-state index contributed by atoms with van der Waals surface area (Å²) < 4.78 is 5.61. The average molecular weight is 289 g/mol. The molecule has 4 N–H and O–H groups in total. The van der Waals surface area contributed by atoms with Crippen LogP contribution < -0.4 is 15.8 Å². The molecule has 2 rings (SSSR count). The molecular weight excluding hydrogens is 274 g/mol. The molecule has 0 saturated carbocycles. The SMILES string of the molecule is CNc1cc(Oc2c(O)ccc(N)c2C)ccc1[N+](=O)[O-]. The predicted octanol–water partition coefficient (Wildman–Crippen LogP) is 3.03. The van der Waals surface area contributed by atoms with Crippen LogP contribution in [0, 0.1) is 17.0 Å². The van der Waals surface area contributed by atoms with Crippen LogP contribution in [0.3, 0.4) is 0 Å². The second-order valence-electron chi connectivity index (χ2n) is 4.42. The smallest absolute Gasteiger partial charge is 0.292 e. The van der Waals surface area contributed by atoms with E-state index in [0.29, 0.717) is 22.7 Å². The van der Waals surface area contributed by atoms with Crippen molar-refractivity contribution in [3.8, 4) is 17.2 Å². The first-order valence-corrected chi connectivity index (χ1v) is 6.16. The largest absolute Gasteiger partial charge is 0.504 e. The van der Waals surface area contributed by atoms with Crippen molar-refractivity contribution < 1.29 is 14.8 Å². The number of nitrogens with two attached hydrogens (primary N) is 1. The molecule has 0 aliphatic heterocycles. The first kappa shape index (κ1) is 14.4. The number of aromatic hydroxyl groups is 1. The van der Waals surface area contributed by atoms with Gasteiger partial charge in [0, 0.05) is 30.4 Å². The van der Waals surface area contributed by atoms with Crippen LogP contribution >= 0.6 is 0 Å². The van der Waals surface area contributed by atoms with Crippen LogP contribution in [0.4, 0.5) is 17.1 Å². The van der Waals surface area contributed by atoms with E-state index in [1.807, 2.05) is 0 Å². The third-order valence-corrected chi connectivity index (χ3v) is 3.08. The van der Waals surface area contributed by atoms with Crippen molar-refractivity contribution in [1.82, 2.24) is 0 Å². The minimum absolute atomic E-state index is 0.0499. The Morgan fingerprint density at radius 2 is 2.05 bits per heavy atom. The molecule has 0 saturated heterocycles. The topological polar surface area (TPSA) is 111 Å². The number of nitrogens with zero attached hydrogens (tertiary/aromatic N) is 1. The van der Waals surface area contributed by atoms with Gasteiger partial charge in [0.05, 0.1) is 4.92 Å². The summed E-state index contributed by atoms with van der Waals surface area (Å²) in [4.78, 5) is 10.4. The number of benzene rings is 2. The van der Waals surface area contributed by atoms with E-state index in [9.17, 15) is 15.2 Å². The zero-order valence-electron chi connectivity index (χ0n) is 11.6. The maximum atomic E-state index is 10.9. The summed E-state index contributed by atoms with van der Waals surface area (Å²) in [5, 5.41) is 23.4. The number of rotatable bonds is 4. The standard InChI is InChI=1S/C14H15N3O4/c1-8-10(15)4-6-13(18)14(8)21-9-3-5-12(17(19)20)11(7-9)16-2/h3-7,16,18H,15H2,1-2H3. The molecule has 7 nitrogen and oxygen atoms in total. The molecule has 0 unspecified atom stereocenters. The molecule has 0 amide bonds. The summed E-state index contributed by atoms with van der Waals surface area (Å²) in [5.74, 6) is 0.533. The van der Waals surface area contributed by atoms with Crippen LogP contribution in [-0.4, -0.2) is 17.1 Å². The van der Waals surface area contributed by atoms with Crippen LogP contribution in [0.1, 0.15) is 5.56 Å². The second kappa shape index (κ2) is 5.58. The summed E-state index contributed by atoms with van der Waals surface area (Å²) in [5.41, 5.74) is 7.11. The van der Waals surface area contributed by atoms with E-state index in [4.69, 9.17) is 10.5 Å². The van der Waals surface area contributed by atoms with Gasteiger partial charge in [-0.2, -0.15) is 0 Å². The highest BCUT2D eigenvalue weighted by Gasteiger charge is 2.15. The highest BCUT2D eigenvalue weighted by molar-refractivity contribution is 5.65. The fraction of sp³-hybridized carbons (Fsp3) is 0.143. The van der Waals surface area contributed by atoms with E-state index < -0.39 is 4.92 Å². The Kier molecular flexibility index (Phi) is 3.84. The van der Waals surface area contributed by atoms with Gasteiger partial charge in [-0.1, -0.05) is 0 Å².